The van der Waals surface area contributed by atoms with Crippen molar-refractivity contribution in [2.45, 2.75) is 19.6 Å². The van der Waals surface area contributed by atoms with Crippen LogP contribution in [0.2, 0.25) is 0 Å². The van der Waals surface area contributed by atoms with Crippen LogP contribution in [0.5, 0.6) is 11.5 Å². The average Bonchev–Trinajstić information content (AvgIpc) is 3.35. The van der Waals surface area contributed by atoms with Gasteiger partial charge >= 0.3 is 0 Å². The number of methoxy groups -OCH3 is 1. The summed E-state index contributed by atoms with van der Waals surface area (Å²) in [6, 6.07) is 31.5. The molecule has 1 aromatic heterocycles. The number of carbonyl (C=O) groups is 1. The fourth-order valence-electron chi connectivity index (χ4n) is 5.05. The molecule has 0 saturated heterocycles. The molecule has 0 aliphatic carbocycles. The number of fused-ring (bicyclic) bond motifs is 1. The van der Waals surface area contributed by atoms with E-state index in [1.807, 2.05) is 109 Å². The van der Waals surface area contributed by atoms with Gasteiger partial charge in [-0.3, -0.25) is 14.2 Å². The molecular weight excluding hydrogens is 638 g/mol. The number of aromatic nitrogens is 1. The maximum atomic E-state index is 14.1. The highest BCUT2D eigenvalue weighted by molar-refractivity contribution is 9.10. The number of halogens is 1. The lowest BCUT2D eigenvalue weighted by atomic mass is 9.95. The van der Waals surface area contributed by atoms with Gasteiger partial charge in [0.25, 0.3) is 11.5 Å². The smallest absolute Gasteiger partial charge is 0.271 e. The first-order chi connectivity index (χ1) is 21.4. The van der Waals surface area contributed by atoms with Crippen molar-refractivity contribution >= 4 is 44.9 Å². The van der Waals surface area contributed by atoms with Crippen molar-refractivity contribution < 1.29 is 14.3 Å². The molecule has 2 heterocycles. The molecule has 9 heteroatoms. The lowest BCUT2D eigenvalue weighted by Gasteiger charge is -2.25. The minimum atomic E-state index is -0.688. The van der Waals surface area contributed by atoms with E-state index in [0.29, 0.717) is 44.4 Å². The quantitative estimate of drug-likeness (QED) is 0.213. The van der Waals surface area contributed by atoms with Crippen LogP contribution < -0.4 is 29.7 Å². The third kappa shape index (κ3) is 6.15. The Hall–Kier alpha value is -4.73. The van der Waals surface area contributed by atoms with Gasteiger partial charge in [-0.25, -0.2) is 4.99 Å². The third-order valence-corrected chi connectivity index (χ3v) is 8.75. The van der Waals surface area contributed by atoms with Gasteiger partial charge in [-0.1, -0.05) is 87.9 Å². The number of nitrogens with zero attached hydrogens (tertiary/aromatic N) is 2. The van der Waals surface area contributed by atoms with E-state index in [0.717, 1.165) is 21.2 Å². The zero-order valence-electron chi connectivity index (χ0n) is 24.0. The summed E-state index contributed by atoms with van der Waals surface area (Å²) in [4.78, 5) is 33.2. The predicted octanol–water partition coefficient (Wildman–Crippen LogP) is 6.22. The number of rotatable bonds is 8. The van der Waals surface area contributed by atoms with Gasteiger partial charge in [0, 0.05) is 15.7 Å². The number of benzene rings is 4. The molecule has 0 saturated carbocycles. The molecular formula is C35H28BrN3O4S. The number of allylic oxidation sites excluding steroid dienone is 1. The van der Waals surface area contributed by atoms with E-state index in [2.05, 4.69) is 21.2 Å². The molecule has 1 aliphatic heterocycles. The normalized spacial score (nSPS) is 14.5. The zero-order valence-corrected chi connectivity index (χ0v) is 26.4. The number of ether oxygens (including phenoxy) is 2. The SMILES string of the molecule is COc1ccc([C@@H]2C(C(=O)Nc3ccccc3)=C(C)N=c3s/c(=C/c4ccccc4OCc4ccc(Br)cc4)c(=O)n32)cc1. The number of anilines is 1. The van der Waals surface area contributed by atoms with Crippen molar-refractivity contribution in [2.24, 2.45) is 4.99 Å². The van der Waals surface area contributed by atoms with Crippen LogP contribution in [0.25, 0.3) is 6.08 Å². The second-order valence-electron chi connectivity index (χ2n) is 10.1. The molecule has 1 atom stereocenters. The largest absolute Gasteiger partial charge is 0.497 e. The summed E-state index contributed by atoms with van der Waals surface area (Å²) in [6.45, 7) is 2.19. The summed E-state index contributed by atoms with van der Waals surface area (Å²) in [7, 11) is 1.60. The summed E-state index contributed by atoms with van der Waals surface area (Å²) in [5.74, 6) is 1.02. The summed E-state index contributed by atoms with van der Waals surface area (Å²) < 4.78 is 14.6. The van der Waals surface area contributed by atoms with E-state index in [9.17, 15) is 9.59 Å². The Morgan fingerprint density at radius 1 is 0.977 bits per heavy atom. The third-order valence-electron chi connectivity index (χ3n) is 7.24. The second kappa shape index (κ2) is 12.9. The second-order valence-corrected chi connectivity index (χ2v) is 12.1. The fourth-order valence-corrected chi connectivity index (χ4v) is 6.35. The summed E-state index contributed by atoms with van der Waals surface area (Å²) in [5.41, 5.74) is 3.93. The van der Waals surface area contributed by atoms with E-state index in [1.165, 1.54) is 11.3 Å². The molecule has 220 valence electrons. The Kier molecular flexibility index (Phi) is 8.58. The number of para-hydroxylation sites is 2. The van der Waals surface area contributed by atoms with Crippen molar-refractivity contribution in [1.82, 2.24) is 4.57 Å². The summed E-state index contributed by atoms with van der Waals surface area (Å²) >= 11 is 4.75. The lowest BCUT2D eigenvalue weighted by molar-refractivity contribution is -0.113. The minimum absolute atomic E-state index is 0.241. The zero-order chi connectivity index (χ0) is 30.6. The predicted molar refractivity (Wildman–Crippen MR) is 177 cm³/mol. The molecule has 0 bridgehead atoms. The monoisotopic (exact) mass is 665 g/mol. The maximum Gasteiger partial charge on any atom is 0.271 e. The van der Waals surface area contributed by atoms with Crippen molar-refractivity contribution in [3.63, 3.8) is 0 Å². The molecule has 1 aliphatic rings. The van der Waals surface area contributed by atoms with E-state index < -0.39 is 6.04 Å². The topological polar surface area (TPSA) is 81.9 Å². The average molecular weight is 667 g/mol. The van der Waals surface area contributed by atoms with Gasteiger partial charge in [-0.05, 0) is 66.6 Å². The van der Waals surface area contributed by atoms with Gasteiger partial charge < -0.3 is 14.8 Å². The molecule has 7 nitrogen and oxygen atoms in total. The molecule has 6 rings (SSSR count). The molecule has 0 unspecified atom stereocenters. The highest BCUT2D eigenvalue weighted by Crippen LogP contribution is 2.32. The number of hydrogen-bond donors (Lipinski definition) is 1. The van der Waals surface area contributed by atoms with Crippen LogP contribution >= 0.6 is 27.3 Å². The molecule has 0 fully saturated rings. The Morgan fingerprint density at radius 2 is 1.68 bits per heavy atom. The van der Waals surface area contributed by atoms with Gasteiger partial charge in [0.1, 0.15) is 18.1 Å². The molecule has 44 heavy (non-hydrogen) atoms. The van der Waals surface area contributed by atoms with Crippen molar-refractivity contribution in [2.75, 3.05) is 12.4 Å². The Bertz CT molecular complexity index is 2030. The molecule has 0 radical (unpaired) electrons. The number of carbonyl (C=O) groups excluding carboxylic acids is 1. The number of nitrogens with one attached hydrogen (secondary N) is 1. The van der Waals surface area contributed by atoms with Gasteiger partial charge in [0.15, 0.2) is 4.80 Å². The van der Waals surface area contributed by atoms with Crippen LogP contribution in [0.3, 0.4) is 0 Å². The molecule has 4 aromatic carbocycles. The first-order valence-electron chi connectivity index (χ1n) is 13.9. The van der Waals surface area contributed by atoms with Gasteiger partial charge in [0.05, 0.1) is 29.0 Å². The first-order valence-corrected chi connectivity index (χ1v) is 15.5. The van der Waals surface area contributed by atoms with Crippen LogP contribution in [-0.4, -0.2) is 17.6 Å². The highest BCUT2D eigenvalue weighted by atomic mass is 79.9. The van der Waals surface area contributed by atoms with E-state index in [1.54, 1.807) is 18.6 Å². The van der Waals surface area contributed by atoms with Crippen LogP contribution in [0.15, 0.2) is 129 Å². The van der Waals surface area contributed by atoms with Crippen molar-refractivity contribution in [1.29, 1.82) is 0 Å². The molecule has 1 N–H and O–H groups in total. The van der Waals surface area contributed by atoms with Crippen LogP contribution in [0.4, 0.5) is 5.69 Å². The highest BCUT2D eigenvalue weighted by Gasteiger charge is 2.32. The van der Waals surface area contributed by atoms with Crippen LogP contribution in [0, 0.1) is 0 Å². The van der Waals surface area contributed by atoms with E-state index in [4.69, 9.17) is 14.5 Å². The lowest BCUT2D eigenvalue weighted by Crippen LogP contribution is -2.40. The van der Waals surface area contributed by atoms with Crippen molar-refractivity contribution in [3.05, 3.63) is 155 Å². The van der Waals surface area contributed by atoms with Crippen molar-refractivity contribution in [3.8, 4) is 11.5 Å². The summed E-state index contributed by atoms with van der Waals surface area (Å²) in [5, 5.41) is 2.98. The molecule has 5 aromatic rings. The van der Waals surface area contributed by atoms with Crippen LogP contribution in [-0.2, 0) is 11.4 Å². The van der Waals surface area contributed by atoms with Gasteiger partial charge in [-0.15, -0.1) is 0 Å². The van der Waals surface area contributed by atoms with Gasteiger partial charge in [-0.2, -0.15) is 0 Å². The summed E-state index contributed by atoms with van der Waals surface area (Å²) in [6.07, 6.45) is 1.83. The first kappa shape index (κ1) is 29.3. The van der Waals surface area contributed by atoms with Crippen LogP contribution in [0.1, 0.15) is 29.7 Å². The Labute approximate surface area is 266 Å². The van der Waals surface area contributed by atoms with E-state index >= 15 is 0 Å². The van der Waals surface area contributed by atoms with E-state index in [-0.39, 0.29) is 11.5 Å². The Morgan fingerprint density at radius 3 is 2.41 bits per heavy atom. The number of hydrogen-bond acceptors (Lipinski definition) is 6. The minimum Gasteiger partial charge on any atom is -0.497 e. The van der Waals surface area contributed by atoms with Gasteiger partial charge in [0.2, 0.25) is 0 Å². The fraction of sp³-hybridized carbons (Fsp3) is 0.114. The Balaban J connectivity index is 1.42. The molecule has 1 amide bonds. The molecule has 0 spiro atoms. The standard InChI is InChI=1S/C35H28BrN3O4S/c1-22-31(33(40)38-27-9-4-3-5-10-27)32(24-14-18-28(42-2)19-15-24)39-34(41)30(44-35(39)37-22)20-25-8-6-7-11-29(25)43-21-23-12-16-26(36)17-13-23/h3-20,32H,21H2,1-2H3,(H,38,40)/b30-20+/t32-/m1/s1. The maximum absolute atomic E-state index is 14.1. The number of thiazole rings is 1. The number of amides is 1.